The molecule has 0 saturated carbocycles. The second-order valence-corrected chi connectivity index (χ2v) is 6.05. The van der Waals surface area contributed by atoms with Gasteiger partial charge in [0.1, 0.15) is 6.20 Å². The number of hydrogen-bond donors (Lipinski definition) is 1. The fraction of sp³-hybridized carbons (Fsp3) is 0.0909. The van der Waals surface area contributed by atoms with Crippen LogP contribution in [0.4, 0.5) is 10.1 Å². The fourth-order valence-corrected chi connectivity index (χ4v) is 2.72. The number of benzene rings is 1. The van der Waals surface area contributed by atoms with E-state index in [9.17, 15) is 14.9 Å². The molecule has 104 valence electrons. The predicted octanol–water partition coefficient (Wildman–Crippen LogP) is 3.44. The predicted molar refractivity (Wildman–Crippen MR) is 79.6 cm³/mol. The van der Waals surface area contributed by atoms with Crippen molar-refractivity contribution >= 4 is 50.7 Å². The second kappa shape index (κ2) is 6.69. The summed E-state index contributed by atoms with van der Waals surface area (Å²) in [6.45, 7) is 0. The molecule has 0 bridgehead atoms. The number of carbonyl (C=O) groups excluding carboxylic acids is 1. The highest BCUT2D eigenvalue weighted by Crippen LogP contribution is 2.25. The molecule has 1 amide bonds. The molecule has 2 rings (SSSR count). The molecule has 1 N–H and O–H groups in total. The number of nitrogens with zero attached hydrogens (tertiary/aromatic N) is 2. The van der Waals surface area contributed by atoms with Gasteiger partial charge in [0.25, 0.3) is 0 Å². The van der Waals surface area contributed by atoms with Crippen LogP contribution in [0.25, 0.3) is 0 Å². The third-order valence-corrected chi connectivity index (χ3v) is 4.23. The Hall–Kier alpha value is -1.64. The van der Waals surface area contributed by atoms with Crippen molar-refractivity contribution in [2.75, 3.05) is 11.1 Å². The van der Waals surface area contributed by atoms with Gasteiger partial charge in [-0.1, -0.05) is 11.6 Å². The lowest BCUT2D eigenvalue weighted by Crippen LogP contribution is -2.13. The Morgan fingerprint density at radius 1 is 1.45 bits per heavy atom. The highest BCUT2D eigenvalue weighted by atomic mass is 35.5. The van der Waals surface area contributed by atoms with Crippen LogP contribution in [-0.2, 0) is 4.79 Å². The van der Waals surface area contributed by atoms with E-state index in [0.29, 0.717) is 5.02 Å². The lowest BCUT2D eigenvalue weighted by molar-refractivity contribution is -0.380. The normalized spacial score (nSPS) is 10.2. The van der Waals surface area contributed by atoms with Gasteiger partial charge in [-0.2, -0.15) is 0 Å². The number of thiazole rings is 1. The number of carbonyl (C=O) groups is 1. The van der Waals surface area contributed by atoms with E-state index in [-0.39, 0.29) is 21.8 Å². The summed E-state index contributed by atoms with van der Waals surface area (Å²) in [5.41, 5.74) is 0. The monoisotopic (exact) mass is 329 g/mol. The summed E-state index contributed by atoms with van der Waals surface area (Å²) in [7, 11) is 0. The Kier molecular flexibility index (Phi) is 4.94. The molecule has 2 aromatic rings. The van der Waals surface area contributed by atoms with E-state index in [4.69, 9.17) is 11.6 Å². The molecule has 0 saturated heterocycles. The Bertz CT molecular complexity index is 630. The largest absolute Gasteiger partial charge is 0.345 e. The van der Waals surface area contributed by atoms with Gasteiger partial charge in [0.05, 0.1) is 10.7 Å². The summed E-state index contributed by atoms with van der Waals surface area (Å²) in [6.07, 6.45) is 1.12. The fourth-order valence-electron chi connectivity index (χ4n) is 1.24. The van der Waals surface area contributed by atoms with Gasteiger partial charge in [-0.3, -0.25) is 14.9 Å². The van der Waals surface area contributed by atoms with Gasteiger partial charge in [-0.05, 0) is 35.6 Å². The minimum Gasteiger partial charge on any atom is -0.301 e. The number of amides is 1. The van der Waals surface area contributed by atoms with Gasteiger partial charge in [-0.25, -0.2) is 4.98 Å². The minimum atomic E-state index is -0.546. The van der Waals surface area contributed by atoms with E-state index in [0.717, 1.165) is 22.4 Å². The first-order chi connectivity index (χ1) is 9.54. The molecule has 1 heterocycles. The number of nitro groups is 1. The van der Waals surface area contributed by atoms with E-state index < -0.39 is 4.92 Å². The first-order valence-electron chi connectivity index (χ1n) is 5.33. The molecule has 0 spiro atoms. The van der Waals surface area contributed by atoms with Crippen molar-refractivity contribution < 1.29 is 9.72 Å². The standard InChI is InChI=1S/C11H8ClN3O3S2/c12-7-1-3-8(4-2-7)19-6-9(16)14-11-13-5-10(20-11)15(17)18/h1-5H,6H2,(H,13,14,16). The Labute approximate surface area is 127 Å². The molecular formula is C11H8ClN3O3S2. The number of hydrogen-bond acceptors (Lipinski definition) is 6. The molecule has 1 aromatic carbocycles. The van der Waals surface area contributed by atoms with Crippen LogP contribution in [0.15, 0.2) is 35.4 Å². The van der Waals surface area contributed by atoms with Crippen LogP contribution < -0.4 is 5.32 Å². The lowest BCUT2D eigenvalue weighted by atomic mass is 10.4. The minimum absolute atomic E-state index is 0.106. The SMILES string of the molecule is O=C(CSc1ccc(Cl)cc1)Nc1ncc([N+](=O)[O-])s1. The van der Waals surface area contributed by atoms with E-state index in [1.807, 2.05) is 12.1 Å². The summed E-state index contributed by atoms with van der Waals surface area (Å²) < 4.78 is 0. The molecule has 0 radical (unpaired) electrons. The van der Waals surface area contributed by atoms with Gasteiger partial charge < -0.3 is 5.32 Å². The Morgan fingerprint density at radius 2 is 2.15 bits per heavy atom. The van der Waals surface area contributed by atoms with Gasteiger partial charge in [0.15, 0.2) is 5.13 Å². The zero-order valence-corrected chi connectivity index (χ0v) is 12.3. The molecule has 0 fully saturated rings. The van der Waals surface area contributed by atoms with Crippen LogP contribution in [0.5, 0.6) is 0 Å². The maximum absolute atomic E-state index is 11.7. The maximum Gasteiger partial charge on any atom is 0.345 e. The van der Waals surface area contributed by atoms with Crippen LogP contribution in [0.1, 0.15) is 0 Å². The topological polar surface area (TPSA) is 85.1 Å². The lowest BCUT2D eigenvalue weighted by Gasteiger charge is -2.01. The number of nitrogens with one attached hydrogen (secondary N) is 1. The van der Waals surface area contributed by atoms with Gasteiger partial charge in [-0.15, -0.1) is 11.8 Å². The average molecular weight is 330 g/mol. The number of anilines is 1. The van der Waals surface area contributed by atoms with Crippen molar-refractivity contribution in [2.45, 2.75) is 4.90 Å². The van der Waals surface area contributed by atoms with Gasteiger partial charge in [0, 0.05) is 9.92 Å². The van der Waals surface area contributed by atoms with Gasteiger partial charge in [0.2, 0.25) is 5.91 Å². The molecule has 6 nitrogen and oxygen atoms in total. The smallest absolute Gasteiger partial charge is 0.301 e. The maximum atomic E-state index is 11.7. The number of rotatable bonds is 5. The first kappa shape index (κ1) is 14.8. The van der Waals surface area contributed by atoms with Crippen molar-refractivity contribution in [3.8, 4) is 0 Å². The van der Waals surface area contributed by atoms with E-state index >= 15 is 0 Å². The number of halogens is 1. The molecule has 0 aliphatic heterocycles. The van der Waals surface area contributed by atoms with Crippen LogP contribution in [0.2, 0.25) is 5.02 Å². The Morgan fingerprint density at radius 3 is 2.75 bits per heavy atom. The second-order valence-electron chi connectivity index (χ2n) is 3.55. The zero-order valence-electron chi connectivity index (χ0n) is 9.91. The van der Waals surface area contributed by atoms with Crippen molar-refractivity contribution in [2.24, 2.45) is 0 Å². The molecule has 1 aromatic heterocycles. The quantitative estimate of drug-likeness (QED) is 0.516. The Balaban J connectivity index is 1.85. The van der Waals surface area contributed by atoms with Gasteiger partial charge >= 0.3 is 5.00 Å². The van der Waals surface area contributed by atoms with E-state index in [1.54, 1.807) is 12.1 Å². The highest BCUT2D eigenvalue weighted by Gasteiger charge is 2.13. The van der Waals surface area contributed by atoms with Crippen LogP contribution in [0, 0.1) is 10.1 Å². The van der Waals surface area contributed by atoms with Crippen molar-refractivity contribution in [1.82, 2.24) is 4.98 Å². The molecule has 0 aliphatic carbocycles. The first-order valence-corrected chi connectivity index (χ1v) is 7.51. The average Bonchev–Trinajstić information content (AvgIpc) is 2.87. The van der Waals surface area contributed by atoms with Crippen LogP contribution in [-0.4, -0.2) is 21.6 Å². The zero-order chi connectivity index (χ0) is 14.5. The van der Waals surface area contributed by atoms with Crippen molar-refractivity contribution in [1.29, 1.82) is 0 Å². The molecule has 20 heavy (non-hydrogen) atoms. The van der Waals surface area contributed by atoms with Crippen molar-refractivity contribution in [3.05, 3.63) is 45.6 Å². The molecule has 0 atom stereocenters. The summed E-state index contributed by atoms with van der Waals surface area (Å²) in [5.74, 6) is -0.0798. The molecular weight excluding hydrogens is 322 g/mol. The number of thioether (sulfide) groups is 1. The van der Waals surface area contributed by atoms with E-state index in [1.165, 1.54) is 11.8 Å². The number of aromatic nitrogens is 1. The van der Waals surface area contributed by atoms with Crippen LogP contribution in [0.3, 0.4) is 0 Å². The van der Waals surface area contributed by atoms with E-state index in [2.05, 4.69) is 10.3 Å². The summed E-state index contributed by atoms with van der Waals surface area (Å²) >= 11 is 7.93. The summed E-state index contributed by atoms with van der Waals surface area (Å²) in [6, 6.07) is 7.11. The summed E-state index contributed by atoms with van der Waals surface area (Å²) in [5, 5.41) is 13.8. The van der Waals surface area contributed by atoms with Crippen molar-refractivity contribution in [3.63, 3.8) is 0 Å². The molecule has 0 aliphatic rings. The third-order valence-electron chi connectivity index (χ3n) is 2.10. The highest BCUT2D eigenvalue weighted by molar-refractivity contribution is 8.00. The third kappa shape index (κ3) is 4.19. The molecule has 0 unspecified atom stereocenters. The van der Waals surface area contributed by atoms with Crippen LogP contribution >= 0.6 is 34.7 Å². The summed E-state index contributed by atoms with van der Waals surface area (Å²) in [4.78, 5) is 26.3. The molecule has 9 heteroatoms.